The molecule has 0 unspecified atom stereocenters. The maximum absolute atomic E-state index is 5.38. The summed E-state index contributed by atoms with van der Waals surface area (Å²) >= 11 is 3.52. The number of nitrogens with zero attached hydrogens (tertiary/aromatic N) is 1. The lowest BCUT2D eigenvalue weighted by atomic mass is 10.2. The molecule has 0 bridgehead atoms. The van der Waals surface area contributed by atoms with Crippen LogP contribution in [-0.4, -0.2) is 12.1 Å². The number of ether oxygens (including phenoxy) is 1. The summed E-state index contributed by atoms with van der Waals surface area (Å²) in [6.45, 7) is 3.24. The molecule has 0 aliphatic carbocycles. The predicted molar refractivity (Wildman–Crippen MR) is 72.5 cm³/mol. The summed E-state index contributed by atoms with van der Waals surface area (Å²) in [5, 5.41) is 3.28. The number of aryl methyl sites for hydroxylation is 1. The monoisotopic (exact) mass is 310 g/mol. The normalized spacial score (nSPS) is 10.6. The van der Waals surface area contributed by atoms with E-state index in [-0.39, 0.29) is 0 Å². The van der Waals surface area contributed by atoms with E-state index in [1.165, 1.54) is 5.56 Å². The summed E-state index contributed by atoms with van der Waals surface area (Å²) in [5.74, 6) is 2.38. The zero-order chi connectivity index (χ0) is 13.0. The van der Waals surface area contributed by atoms with Crippen LogP contribution in [0.3, 0.4) is 0 Å². The van der Waals surface area contributed by atoms with Crippen LogP contribution in [-0.2, 0) is 13.1 Å². The number of rotatable bonds is 5. The van der Waals surface area contributed by atoms with Crippen LogP contribution in [0.2, 0.25) is 0 Å². The van der Waals surface area contributed by atoms with Gasteiger partial charge in [-0.15, -0.1) is 0 Å². The van der Waals surface area contributed by atoms with Gasteiger partial charge in [0.05, 0.1) is 19.9 Å². The van der Waals surface area contributed by atoms with Gasteiger partial charge in [-0.25, -0.2) is 4.98 Å². The minimum atomic E-state index is 0.617. The molecule has 0 saturated carbocycles. The summed E-state index contributed by atoms with van der Waals surface area (Å²) < 4.78 is 11.6. The molecular formula is C13H15BrN2O2. The summed E-state index contributed by atoms with van der Waals surface area (Å²) in [4.78, 5) is 4.14. The van der Waals surface area contributed by atoms with Crippen molar-refractivity contribution in [2.24, 2.45) is 0 Å². The molecule has 0 atom stereocenters. The van der Waals surface area contributed by atoms with Crippen molar-refractivity contribution >= 4 is 15.9 Å². The lowest BCUT2D eigenvalue weighted by Crippen LogP contribution is -2.13. The van der Waals surface area contributed by atoms with Gasteiger partial charge >= 0.3 is 0 Å². The van der Waals surface area contributed by atoms with Crippen molar-refractivity contribution in [2.75, 3.05) is 7.11 Å². The first-order chi connectivity index (χ1) is 8.69. The molecule has 5 heteroatoms. The molecule has 1 heterocycles. The zero-order valence-electron chi connectivity index (χ0n) is 10.4. The lowest BCUT2D eigenvalue weighted by molar-refractivity contribution is 0.414. The Kier molecular flexibility index (Phi) is 4.38. The number of aromatic nitrogens is 1. The van der Waals surface area contributed by atoms with Crippen LogP contribution in [0.4, 0.5) is 0 Å². The highest BCUT2D eigenvalue weighted by molar-refractivity contribution is 9.10. The summed E-state index contributed by atoms with van der Waals surface area (Å²) in [6.07, 6.45) is 1.72. The molecule has 2 aromatic rings. The maximum atomic E-state index is 5.38. The lowest BCUT2D eigenvalue weighted by Gasteiger charge is -2.07. The van der Waals surface area contributed by atoms with Crippen LogP contribution < -0.4 is 10.1 Å². The maximum Gasteiger partial charge on any atom is 0.208 e. The highest BCUT2D eigenvalue weighted by atomic mass is 79.9. The number of methoxy groups -OCH3 is 1. The third kappa shape index (κ3) is 3.34. The Balaban J connectivity index is 1.90. The molecular weight excluding hydrogens is 296 g/mol. The minimum Gasteiger partial charge on any atom is -0.497 e. The Morgan fingerprint density at radius 1 is 1.39 bits per heavy atom. The molecule has 0 aliphatic rings. The third-order valence-corrected chi connectivity index (χ3v) is 3.26. The first kappa shape index (κ1) is 13.1. The van der Waals surface area contributed by atoms with E-state index in [1.54, 1.807) is 13.3 Å². The van der Waals surface area contributed by atoms with Gasteiger partial charge in [-0.2, -0.15) is 0 Å². The fraction of sp³-hybridized carbons (Fsp3) is 0.308. The first-order valence-electron chi connectivity index (χ1n) is 5.63. The second kappa shape index (κ2) is 6.02. The minimum absolute atomic E-state index is 0.617. The Morgan fingerprint density at radius 2 is 2.22 bits per heavy atom. The standard InChI is InChI=1S/C13H15BrN2O2/c1-9-6-16-13(18-9)8-15-7-10-3-4-11(17-2)5-12(10)14/h3-6,15H,7-8H2,1-2H3. The predicted octanol–water partition coefficient (Wildman–Crippen LogP) is 3.04. The van der Waals surface area contributed by atoms with Gasteiger partial charge in [-0.3, -0.25) is 0 Å². The molecule has 0 fully saturated rings. The Hall–Kier alpha value is -1.33. The summed E-state index contributed by atoms with van der Waals surface area (Å²) in [6, 6.07) is 5.92. The van der Waals surface area contributed by atoms with E-state index in [4.69, 9.17) is 9.15 Å². The van der Waals surface area contributed by atoms with E-state index < -0.39 is 0 Å². The van der Waals surface area contributed by atoms with E-state index in [9.17, 15) is 0 Å². The van der Waals surface area contributed by atoms with Gasteiger partial charge in [-0.1, -0.05) is 22.0 Å². The van der Waals surface area contributed by atoms with Gasteiger partial charge in [0, 0.05) is 11.0 Å². The molecule has 0 amide bonds. The number of benzene rings is 1. The van der Waals surface area contributed by atoms with Crippen molar-refractivity contribution in [3.63, 3.8) is 0 Å². The van der Waals surface area contributed by atoms with E-state index in [0.29, 0.717) is 12.4 Å². The SMILES string of the molecule is COc1ccc(CNCc2ncc(C)o2)c(Br)c1. The molecule has 2 rings (SSSR count). The second-order valence-corrected chi connectivity index (χ2v) is 4.78. The smallest absolute Gasteiger partial charge is 0.208 e. The average Bonchev–Trinajstić information content (AvgIpc) is 2.77. The number of halogens is 1. The van der Waals surface area contributed by atoms with Crippen molar-refractivity contribution in [1.29, 1.82) is 0 Å². The third-order valence-electron chi connectivity index (χ3n) is 2.52. The molecule has 1 aromatic carbocycles. The topological polar surface area (TPSA) is 47.3 Å². The van der Waals surface area contributed by atoms with Gasteiger partial charge in [0.15, 0.2) is 0 Å². The highest BCUT2D eigenvalue weighted by Gasteiger charge is 2.03. The number of oxazole rings is 1. The van der Waals surface area contributed by atoms with Crippen molar-refractivity contribution in [2.45, 2.75) is 20.0 Å². The Bertz CT molecular complexity index is 525. The fourth-order valence-corrected chi connectivity index (χ4v) is 2.08. The molecule has 18 heavy (non-hydrogen) atoms. The molecule has 0 spiro atoms. The van der Waals surface area contributed by atoms with E-state index in [1.807, 2.05) is 25.1 Å². The summed E-state index contributed by atoms with van der Waals surface area (Å²) in [7, 11) is 1.66. The van der Waals surface area contributed by atoms with Crippen LogP contribution in [0.1, 0.15) is 17.2 Å². The average molecular weight is 311 g/mol. The Morgan fingerprint density at radius 3 is 2.83 bits per heavy atom. The largest absolute Gasteiger partial charge is 0.497 e. The quantitative estimate of drug-likeness (QED) is 0.922. The van der Waals surface area contributed by atoms with Gasteiger partial charge in [0.25, 0.3) is 0 Å². The van der Waals surface area contributed by atoms with Crippen LogP contribution >= 0.6 is 15.9 Å². The zero-order valence-corrected chi connectivity index (χ0v) is 12.0. The van der Waals surface area contributed by atoms with Gasteiger partial charge in [0.1, 0.15) is 11.5 Å². The van der Waals surface area contributed by atoms with Crippen LogP contribution in [0, 0.1) is 6.92 Å². The molecule has 4 nitrogen and oxygen atoms in total. The van der Waals surface area contributed by atoms with Crippen LogP contribution in [0.15, 0.2) is 33.3 Å². The number of nitrogens with one attached hydrogen (secondary N) is 1. The first-order valence-corrected chi connectivity index (χ1v) is 6.43. The number of hydrogen-bond donors (Lipinski definition) is 1. The molecule has 1 aromatic heterocycles. The van der Waals surface area contributed by atoms with Crippen molar-refractivity contribution < 1.29 is 9.15 Å². The van der Waals surface area contributed by atoms with E-state index in [2.05, 4.69) is 26.2 Å². The molecule has 0 radical (unpaired) electrons. The Labute approximate surface area is 114 Å². The molecule has 96 valence electrons. The van der Waals surface area contributed by atoms with Gasteiger partial charge in [0.2, 0.25) is 5.89 Å². The highest BCUT2D eigenvalue weighted by Crippen LogP contribution is 2.22. The molecule has 1 N–H and O–H groups in total. The van der Waals surface area contributed by atoms with Gasteiger partial charge in [-0.05, 0) is 24.6 Å². The van der Waals surface area contributed by atoms with E-state index in [0.717, 1.165) is 22.5 Å². The second-order valence-electron chi connectivity index (χ2n) is 3.93. The molecule has 0 saturated heterocycles. The van der Waals surface area contributed by atoms with Crippen LogP contribution in [0.5, 0.6) is 5.75 Å². The number of hydrogen-bond acceptors (Lipinski definition) is 4. The van der Waals surface area contributed by atoms with Crippen molar-refractivity contribution in [1.82, 2.24) is 10.3 Å². The van der Waals surface area contributed by atoms with E-state index >= 15 is 0 Å². The van der Waals surface area contributed by atoms with Crippen molar-refractivity contribution in [3.05, 3.63) is 46.1 Å². The van der Waals surface area contributed by atoms with Gasteiger partial charge < -0.3 is 14.5 Å². The van der Waals surface area contributed by atoms with Crippen LogP contribution in [0.25, 0.3) is 0 Å². The summed E-state index contributed by atoms with van der Waals surface area (Å²) in [5.41, 5.74) is 1.17. The van der Waals surface area contributed by atoms with Crippen molar-refractivity contribution in [3.8, 4) is 5.75 Å². The fourth-order valence-electron chi connectivity index (χ4n) is 1.59. The molecule has 0 aliphatic heterocycles.